The van der Waals surface area contributed by atoms with Crippen LogP contribution in [0.3, 0.4) is 0 Å². The molecule has 1 amide bonds. The lowest BCUT2D eigenvalue weighted by molar-refractivity contribution is -0.120. The molecule has 2 aromatic heterocycles. The van der Waals surface area contributed by atoms with Crippen LogP contribution in [0, 0.1) is 19.8 Å². The fourth-order valence-electron chi connectivity index (χ4n) is 2.47. The summed E-state index contributed by atoms with van der Waals surface area (Å²) in [5, 5.41) is 10.5. The molecule has 6 heteroatoms. The van der Waals surface area contributed by atoms with Gasteiger partial charge in [-0.15, -0.1) is 11.3 Å². The Morgan fingerprint density at radius 1 is 1.38 bits per heavy atom. The van der Waals surface area contributed by atoms with Gasteiger partial charge in [0.2, 0.25) is 5.91 Å². The van der Waals surface area contributed by atoms with Crippen LogP contribution in [0.1, 0.15) is 49.8 Å². The summed E-state index contributed by atoms with van der Waals surface area (Å²) in [6, 6.07) is 2.07. The zero-order valence-electron chi connectivity index (χ0n) is 15.5. The third-order valence-corrected chi connectivity index (χ3v) is 5.09. The minimum absolute atomic E-state index is 0.0287. The van der Waals surface area contributed by atoms with Crippen LogP contribution in [-0.4, -0.2) is 27.2 Å². The zero-order valence-corrected chi connectivity index (χ0v) is 16.3. The van der Waals surface area contributed by atoms with E-state index in [0.29, 0.717) is 18.9 Å². The molecule has 0 saturated carbocycles. The maximum atomic E-state index is 12.1. The van der Waals surface area contributed by atoms with Crippen LogP contribution in [-0.2, 0) is 23.2 Å². The quantitative estimate of drug-likeness (QED) is 0.872. The second kappa shape index (κ2) is 7.47. The van der Waals surface area contributed by atoms with E-state index in [1.54, 1.807) is 11.3 Å². The number of hydrogen-bond donors (Lipinski definition) is 1. The maximum Gasteiger partial charge on any atom is 0.226 e. The van der Waals surface area contributed by atoms with Gasteiger partial charge in [0, 0.05) is 29.6 Å². The number of carbonyl (C=O) groups excluding carboxylic acids is 1. The first kappa shape index (κ1) is 18.6. The number of aryl methyl sites for hydroxylation is 2. The molecule has 0 aliphatic carbocycles. The van der Waals surface area contributed by atoms with Crippen LogP contribution in [0.2, 0.25) is 0 Å². The first-order valence-electron chi connectivity index (χ1n) is 8.38. The van der Waals surface area contributed by atoms with Crippen molar-refractivity contribution in [1.82, 2.24) is 20.1 Å². The molecule has 0 bridgehead atoms. The zero-order chi connectivity index (χ0) is 17.9. The summed E-state index contributed by atoms with van der Waals surface area (Å²) < 4.78 is 2.00. The Balaban J connectivity index is 1.80. The van der Waals surface area contributed by atoms with Gasteiger partial charge in [-0.2, -0.15) is 5.10 Å². The fraction of sp³-hybridized carbons (Fsp3) is 0.611. The molecule has 0 aromatic carbocycles. The van der Waals surface area contributed by atoms with Crippen molar-refractivity contribution in [3.8, 4) is 0 Å². The SMILES string of the molecule is Cc1cc(C)n(CC(C)CNC(=O)Cc2csc(C(C)(C)C)n2)n1. The van der Waals surface area contributed by atoms with Gasteiger partial charge in [-0.25, -0.2) is 4.98 Å². The third-order valence-electron chi connectivity index (χ3n) is 3.77. The molecule has 24 heavy (non-hydrogen) atoms. The van der Waals surface area contributed by atoms with E-state index in [-0.39, 0.29) is 11.3 Å². The second-order valence-corrected chi connectivity index (χ2v) is 8.45. The van der Waals surface area contributed by atoms with Crippen molar-refractivity contribution >= 4 is 17.2 Å². The monoisotopic (exact) mass is 348 g/mol. The first-order valence-corrected chi connectivity index (χ1v) is 9.25. The molecule has 2 heterocycles. The van der Waals surface area contributed by atoms with E-state index in [2.05, 4.69) is 56.1 Å². The number of hydrogen-bond acceptors (Lipinski definition) is 4. The van der Waals surface area contributed by atoms with Gasteiger partial charge in [-0.05, 0) is 25.8 Å². The van der Waals surface area contributed by atoms with Crippen LogP contribution < -0.4 is 5.32 Å². The van der Waals surface area contributed by atoms with Crippen molar-refractivity contribution < 1.29 is 4.79 Å². The van der Waals surface area contributed by atoms with Crippen molar-refractivity contribution in [2.24, 2.45) is 5.92 Å². The van der Waals surface area contributed by atoms with Crippen LogP contribution in [0.25, 0.3) is 0 Å². The van der Waals surface area contributed by atoms with E-state index in [9.17, 15) is 4.79 Å². The third kappa shape index (κ3) is 5.16. The lowest BCUT2D eigenvalue weighted by Gasteiger charge is -2.14. The molecule has 2 rings (SSSR count). The molecule has 132 valence electrons. The van der Waals surface area contributed by atoms with E-state index in [0.717, 1.165) is 28.6 Å². The predicted octanol–water partition coefficient (Wildman–Crippen LogP) is 3.25. The first-order chi connectivity index (χ1) is 11.1. The Morgan fingerprint density at radius 3 is 2.62 bits per heavy atom. The summed E-state index contributed by atoms with van der Waals surface area (Å²) in [7, 11) is 0. The molecule has 0 saturated heterocycles. The maximum absolute atomic E-state index is 12.1. The summed E-state index contributed by atoms with van der Waals surface area (Å²) in [5.41, 5.74) is 3.08. The van der Waals surface area contributed by atoms with Crippen molar-refractivity contribution in [1.29, 1.82) is 0 Å². The molecule has 1 unspecified atom stereocenters. The van der Waals surface area contributed by atoms with Crippen molar-refractivity contribution in [3.63, 3.8) is 0 Å². The molecular weight excluding hydrogens is 320 g/mol. The van der Waals surface area contributed by atoms with Crippen LogP contribution >= 0.6 is 11.3 Å². The highest BCUT2D eigenvalue weighted by Gasteiger charge is 2.19. The lowest BCUT2D eigenvalue weighted by atomic mass is 9.98. The van der Waals surface area contributed by atoms with E-state index in [1.165, 1.54) is 0 Å². The van der Waals surface area contributed by atoms with Gasteiger partial charge in [0.25, 0.3) is 0 Å². The number of nitrogens with one attached hydrogen (secondary N) is 1. The average Bonchev–Trinajstić information content (AvgIpc) is 3.03. The molecule has 1 atom stereocenters. The largest absolute Gasteiger partial charge is 0.355 e. The van der Waals surface area contributed by atoms with E-state index in [1.807, 2.05) is 17.0 Å². The molecule has 0 spiro atoms. The summed E-state index contributed by atoms with van der Waals surface area (Å²) >= 11 is 1.63. The van der Waals surface area contributed by atoms with Crippen LogP contribution in [0.5, 0.6) is 0 Å². The number of amides is 1. The van der Waals surface area contributed by atoms with Gasteiger partial charge >= 0.3 is 0 Å². The van der Waals surface area contributed by atoms with Gasteiger partial charge in [0.1, 0.15) is 0 Å². The van der Waals surface area contributed by atoms with E-state index in [4.69, 9.17) is 0 Å². The lowest BCUT2D eigenvalue weighted by Crippen LogP contribution is -2.31. The normalized spacial score (nSPS) is 13.1. The van der Waals surface area contributed by atoms with Crippen molar-refractivity contribution in [3.05, 3.63) is 33.5 Å². The Kier molecular flexibility index (Phi) is 5.80. The summed E-state index contributed by atoms with van der Waals surface area (Å²) in [4.78, 5) is 16.7. The smallest absolute Gasteiger partial charge is 0.226 e. The number of rotatable bonds is 6. The average molecular weight is 349 g/mol. The second-order valence-electron chi connectivity index (χ2n) is 7.59. The van der Waals surface area contributed by atoms with Crippen LogP contribution in [0.15, 0.2) is 11.4 Å². The highest BCUT2D eigenvalue weighted by molar-refractivity contribution is 7.09. The Hall–Kier alpha value is -1.69. The van der Waals surface area contributed by atoms with Gasteiger partial charge in [0.05, 0.1) is 22.8 Å². The Morgan fingerprint density at radius 2 is 2.08 bits per heavy atom. The molecule has 0 aliphatic rings. The standard InChI is InChI=1S/C18H28N4OS/c1-12(10-22-14(3)7-13(2)21-22)9-19-16(23)8-15-11-24-17(20-15)18(4,5)6/h7,11-12H,8-10H2,1-6H3,(H,19,23). The van der Waals surface area contributed by atoms with E-state index < -0.39 is 0 Å². The summed E-state index contributed by atoms with van der Waals surface area (Å²) in [6.07, 6.45) is 0.346. The molecule has 2 aromatic rings. The van der Waals surface area contributed by atoms with Gasteiger partial charge in [-0.1, -0.05) is 27.7 Å². The number of thiazole rings is 1. The molecule has 0 radical (unpaired) electrons. The minimum atomic E-state index is 0.0287. The predicted molar refractivity (Wildman–Crippen MR) is 98.4 cm³/mol. The molecular formula is C18H28N4OS. The fourth-order valence-corrected chi connectivity index (χ4v) is 3.37. The minimum Gasteiger partial charge on any atom is -0.355 e. The number of nitrogens with zero attached hydrogens (tertiary/aromatic N) is 3. The molecule has 5 nitrogen and oxygen atoms in total. The van der Waals surface area contributed by atoms with Gasteiger partial charge < -0.3 is 5.32 Å². The van der Waals surface area contributed by atoms with Gasteiger partial charge in [0.15, 0.2) is 0 Å². The number of aromatic nitrogens is 3. The number of carbonyl (C=O) groups is 1. The van der Waals surface area contributed by atoms with E-state index >= 15 is 0 Å². The van der Waals surface area contributed by atoms with Crippen molar-refractivity contribution in [2.75, 3.05) is 6.54 Å². The Labute approximate surface area is 148 Å². The van der Waals surface area contributed by atoms with Crippen molar-refractivity contribution in [2.45, 2.75) is 59.9 Å². The topological polar surface area (TPSA) is 59.8 Å². The Bertz CT molecular complexity index is 696. The summed E-state index contributed by atoms with van der Waals surface area (Å²) in [6.45, 7) is 14.0. The molecule has 0 fully saturated rings. The van der Waals surface area contributed by atoms with Gasteiger partial charge in [-0.3, -0.25) is 9.48 Å². The highest BCUT2D eigenvalue weighted by Crippen LogP contribution is 2.25. The molecule has 1 N–H and O–H groups in total. The summed E-state index contributed by atoms with van der Waals surface area (Å²) in [5.74, 6) is 0.355. The van der Waals surface area contributed by atoms with Crippen LogP contribution in [0.4, 0.5) is 0 Å². The molecule has 0 aliphatic heterocycles. The highest BCUT2D eigenvalue weighted by atomic mass is 32.1.